The number of anilines is 1. The fourth-order valence-corrected chi connectivity index (χ4v) is 3.11. The van der Waals surface area contributed by atoms with Crippen LogP contribution < -0.4 is 5.32 Å². The van der Waals surface area contributed by atoms with Gasteiger partial charge >= 0.3 is 6.18 Å². The zero-order valence-electron chi connectivity index (χ0n) is 12.4. The molecule has 0 aromatic heterocycles. The van der Waals surface area contributed by atoms with Crippen LogP contribution in [0.1, 0.15) is 11.1 Å². The van der Waals surface area contributed by atoms with Crippen molar-refractivity contribution in [3.8, 4) is 0 Å². The van der Waals surface area contributed by atoms with Crippen molar-refractivity contribution in [2.24, 2.45) is 0 Å². The smallest absolute Gasteiger partial charge is 0.324 e. The Morgan fingerprint density at radius 3 is 2.46 bits per heavy atom. The van der Waals surface area contributed by atoms with Crippen molar-refractivity contribution in [3.63, 3.8) is 0 Å². The second-order valence-electron chi connectivity index (χ2n) is 4.96. The van der Waals surface area contributed by atoms with Gasteiger partial charge in [-0.05, 0) is 42.8 Å². The molecule has 1 N–H and O–H groups in total. The summed E-state index contributed by atoms with van der Waals surface area (Å²) in [6.45, 7) is 1.87. The van der Waals surface area contributed by atoms with E-state index in [0.29, 0.717) is 15.6 Å². The van der Waals surface area contributed by atoms with Crippen molar-refractivity contribution in [2.75, 3.05) is 11.1 Å². The van der Waals surface area contributed by atoms with Crippen LogP contribution in [0.4, 0.5) is 18.9 Å². The highest BCUT2D eigenvalue weighted by Gasteiger charge is 2.33. The summed E-state index contributed by atoms with van der Waals surface area (Å²) < 4.78 is 38.4. The Hall–Kier alpha value is -1.37. The first-order valence-electron chi connectivity index (χ1n) is 6.72. The predicted molar refractivity (Wildman–Crippen MR) is 92.0 cm³/mol. The molecule has 0 fully saturated rings. The van der Waals surface area contributed by atoms with Crippen LogP contribution in [0.5, 0.6) is 0 Å². The molecule has 0 radical (unpaired) electrons. The number of rotatable bonds is 4. The number of carbonyl (C=O) groups excluding carboxylic acids is 1. The van der Waals surface area contributed by atoms with Crippen molar-refractivity contribution in [1.29, 1.82) is 0 Å². The van der Waals surface area contributed by atoms with Gasteiger partial charge in [-0.3, -0.25) is 4.79 Å². The molecular formula is C16H12Cl2F3NOS. The van der Waals surface area contributed by atoms with Crippen LogP contribution in [0.3, 0.4) is 0 Å². The van der Waals surface area contributed by atoms with Gasteiger partial charge in [-0.1, -0.05) is 29.3 Å². The number of thioether (sulfide) groups is 1. The van der Waals surface area contributed by atoms with Crippen LogP contribution in [0.25, 0.3) is 0 Å². The maximum absolute atomic E-state index is 12.8. The second kappa shape index (κ2) is 7.68. The third kappa shape index (κ3) is 5.06. The molecule has 0 saturated heterocycles. The summed E-state index contributed by atoms with van der Waals surface area (Å²) >= 11 is 12.6. The molecule has 128 valence electrons. The van der Waals surface area contributed by atoms with Gasteiger partial charge in [0.1, 0.15) is 0 Å². The molecule has 0 aliphatic heterocycles. The first kappa shape index (κ1) is 19.0. The standard InChI is InChI=1S/C16H12Cl2F3NOS/c1-9-2-5-14(13(18)6-9)22-15(23)8-24-10-3-4-12(17)11(7-10)16(19,20)21/h2-7H,8H2,1H3,(H,22,23). The van der Waals surface area contributed by atoms with Crippen LogP contribution in [0.2, 0.25) is 10.0 Å². The van der Waals surface area contributed by atoms with E-state index in [1.165, 1.54) is 12.1 Å². The summed E-state index contributed by atoms with van der Waals surface area (Å²) in [7, 11) is 0. The van der Waals surface area contributed by atoms with Crippen LogP contribution in [-0.4, -0.2) is 11.7 Å². The van der Waals surface area contributed by atoms with E-state index in [0.717, 1.165) is 23.4 Å². The SMILES string of the molecule is Cc1ccc(NC(=O)CSc2ccc(Cl)c(C(F)(F)F)c2)c(Cl)c1. The van der Waals surface area contributed by atoms with E-state index in [2.05, 4.69) is 5.32 Å². The largest absolute Gasteiger partial charge is 0.417 e. The van der Waals surface area contributed by atoms with E-state index in [1.807, 2.05) is 6.92 Å². The van der Waals surface area contributed by atoms with E-state index >= 15 is 0 Å². The molecule has 2 aromatic carbocycles. The normalized spacial score (nSPS) is 11.4. The molecule has 0 aliphatic carbocycles. The minimum atomic E-state index is -4.54. The van der Waals surface area contributed by atoms with Gasteiger partial charge in [0.25, 0.3) is 0 Å². The van der Waals surface area contributed by atoms with Gasteiger partial charge in [0, 0.05) is 4.90 Å². The van der Waals surface area contributed by atoms with Crippen molar-refractivity contribution in [2.45, 2.75) is 18.0 Å². The molecule has 2 aromatic rings. The molecule has 0 heterocycles. The third-order valence-electron chi connectivity index (χ3n) is 3.01. The highest BCUT2D eigenvalue weighted by atomic mass is 35.5. The van der Waals surface area contributed by atoms with E-state index in [4.69, 9.17) is 23.2 Å². The highest BCUT2D eigenvalue weighted by molar-refractivity contribution is 8.00. The number of carbonyl (C=O) groups is 1. The lowest BCUT2D eigenvalue weighted by molar-refractivity contribution is -0.137. The third-order valence-corrected chi connectivity index (χ3v) is 4.65. The zero-order chi connectivity index (χ0) is 17.9. The molecule has 2 rings (SSSR count). The van der Waals surface area contributed by atoms with Gasteiger partial charge in [-0.15, -0.1) is 11.8 Å². The lowest BCUT2D eigenvalue weighted by atomic mass is 10.2. The lowest BCUT2D eigenvalue weighted by Crippen LogP contribution is -2.14. The molecule has 0 aliphatic rings. The second-order valence-corrected chi connectivity index (χ2v) is 6.82. The Bertz CT molecular complexity index is 765. The fraction of sp³-hybridized carbons (Fsp3) is 0.188. The summed E-state index contributed by atoms with van der Waals surface area (Å²) in [5.41, 5.74) is 0.490. The Morgan fingerprint density at radius 2 is 1.83 bits per heavy atom. The number of alkyl halides is 3. The van der Waals surface area contributed by atoms with Crippen molar-refractivity contribution in [1.82, 2.24) is 0 Å². The molecule has 0 saturated carbocycles. The van der Waals surface area contributed by atoms with Crippen LogP contribution >= 0.6 is 35.0 Å². The summed E-state index contributed by atoms with van der Waals surface area (Å²) in [5.74, 6) is -0.419. The molecule has 0 spiro atoms. The topological polar surface area (TPSA) is 29.1 Å². The number of benzene rings is 2. The maximum atomic E-state index is 12.8. The average molecular weight is 394 g/mol. The van der Waals surface area contributed by atoms with Gasteiger partial charge in [-0.25, -0.2) is 0 Å². The highest BCUT2D eigenvalue weighted by Crippen LogP contribution is 2.37. The molecule has 8 heteroatoms. The summed E-state index contributed by atoms with van der Waals surface area (Å²) in [6, 6.07) is 8.71. The average Bonchev–Trinajstić information content (AvgIpc) is 2.48. The van der Waals surface area contributed by atoms with Crippen molar-refractivity contribution < 1.29 is 18.0 Å². The molecule has 0 atom stereocenters. The Labute approximate surface area is 151 Å². The quantitative estimate of drug-likeness (QED) is 0.640. The Balaban J connectivity index is 2.01. The van der Waals surface area contributed by atoms with Gasteiger partial charge < -0.3 is 5.32 Å². The van der Waals surface area contributed by atoms with Crippen LogP contribution in [0, 0.1) is 6.92 Å². The number of nitrogens with one attached hydrogen (secondary N) is 1. The lowest BCUT2D eigenvalue weighted by Gasteiger charge is -2.11. The molecular weight excluding hydrogens is 382 g/mol. The number of amides is 1. The molecule has 0 bridgehead atoms. The minimum Gasteiger partial charge on any atom is -0.324 e. The van der Waals surface area contributed by atoms with Gasteiger partial charge in [0.15, 0.2) is 0 Å². The van der Waals surface area contributed by atoms with E-state index in [1.54, 1.807) is 18.2 Å². The van der Waals surface area contributed by atoms with E-state index in [9.17, 15) is 18.0 Å². The monoisotopic (exact) mass is 393 g/mol. The molecule has 24 heavy (non-hydrogen) atoms. The Kier molecular flexibility index (Phi) is 6.06. The zero-order valence-corrected chi connectivity index (χ0v) is 14.7. The minimum absolute atomic E-state index is 0.0524. The summed E-state index contributed by atoms with van der Waals surface area (Å²) in [4.78, 5) is 12.2. The molecule has 2 nitrogen and oxygen atoms in total. The van der Waals surface area contributed by atoms with Crippen LogP contribution in [-0.2, 0) is 11.0 Å². The first-order valence-corrected chi connectivity index (χ1v) is 8.46. The molecule has 1 amide bonds. The number of hydrogen-bond donors (Lipinski definition) is 1. The van der Waals surface area contributed by atoms with Gasteiger partial charge in [0.2, 0.25) is 5.91 Å². The fourth-order valence-electron chi connectivity index (χ4n) is 1.87. The summed E-state index contributed by atoms with van der Waals surface area (Å²) in [6.07, 6.45) is -4.54. The molecule has 0 unspecified atom stereocenters. The predicted octanol–water partition coefficient (Wildman–Crippen LogP) is 6.05. The van der Waals surface area contributed by atoms with E-state index in [-0.39, 0.29) is 16.7 Å². The van der Waals surface area contributed by atoms with Gasteiger partial charge in [0.05, 0.1) is 27.0 Å². The Morgan fingerprint density at radius 1 is 1.12 bits per heavy atom. The maximum Gasteiger partial charge on any atom is 0.417 e. The van der Waals surface area contributed by atoms with Gasteiger partial charge in [-0.2, -0.15) is 13.2 Å². The number of halogens is 5. The number of hydrogen-bond acceptors (Lipinski definition) is 2. The number of aryl methyl sites for hydroxylation is 1. The summed E-state index contributed by atoms with van der Waals surface area (Å²) in [5, 5.41) is 2.65. The van der Waals surface area contributed by atoms with Crippen molar-refractivity contribution in [3.05, 3.63) is 57.6 Å². The first-order chi connectivity index (χ1) is 11.2. The van der Waals surface area contributed by atoms with Crippen molar-refractivity contribution >= 4 is 46.6 Å². The van der Waals surface area contributed by atoms with Crippen LogP contribution in [0.15, 0.2) is 41.3 Å². The van der Waals surface area contributed by atoms with E-state index < -0.39 is 11.7 Å².